The van der Waals surface area contributed by atoms with E-state index in [9.17, 15) is 14.9 Å². The van der Waals surface area contributed by atoms with Crippen molar-refractivity contribution >= 4 is 29.4 Å². The second kappa shape index (κ2) is 6.67. The van der Waals surface area contributed by atoms with E-state index in [-0.39, 0.29) is 5.75 Å². The summed E-state index contributed by atoms with van der Waals surface area (Å²) in [5.41, 5.74) is 0.376. The lowest BCUT2D eigenvalue weighted by Gasteiger charge is -2.33. The molecule has 0 aromatic heterocycles. The first kappa shape index (κ1) is 16.8. The van der Waals surface area contributed by atoms with Gasteiger partial charge < -0.3 is 14.2 Å². The van der Waals surface area contributed by atoms with E-state index in [1.54, 1.807) is 6.07 Å². The van der Waals surface area contributed by atoms with Gasteiger partial charge in [-0.3, -0.25) is 15.0 Å². The molecule has 7 nitrogen and oxygen atoms in total. The van der Waals surface area contributed by atoms with E-state index in [2.05, 4.69) is 9.47 Å². The summed E-state index contributed by atoms with van der Waals surface area (Å²) in [6, 6.07) is 6.39. The molecule has 23 heavy (non-hydrogen) atoms. The minimum absolute atomic E-state index is 0.258. The van der Waals surface area contributed by atoms with Crippen LogP contribution in [0.5, 0.6) is 5.75 Å². The number of rotatable bonds is 3. The largest absolute Gasteiger partial charge is 0.468 e. The van der Waals surface area contributed by atoms with Crippen LogP contribution in [0.2, 0.25) is 5.02 Å². The van der Waals surface area contributed by atoms with Crippen molar-refractivity contribution in [2.24, 2.45) is 11.8 Å². The van der Waals surface area contributed by atoms with Crippen LogP contribution in [0.25, 0.3) is 0 Å². The summed E-state index contributed by atoms with van der Waals surface area (Å²) in [5.74, 6) is -5.29. The molecular formula is C15H13ClN2O5. The maximum Gasteiger partial charge on any atom is 0.323 e. The predicted molar refractivity (Wildman–Crippen MR) is 79.2 cm³/mol. The molecule has 1 heterocycles. The van der Waals surface area contributed by atoms with Crippen LogP contribution in [0.3, 0.4) is 0 Å². The van der Waals surface area contributed by atoms with Gasteiger partial charge in [0.1, 0.15) is 11.7 Å². The molecule has 1 aliphatic heterocycles. The number of hydrogen-bond donors (Lipinski definition) is 1. The molecule has 0 fully saturated rings. The monoisotopic (exact) mass is 336 g/mol. The van der Waals surface area contributed by atoms with Crippen molar-refractivity contribution in [3.8, 4) is 11.8 Å². The Morgan fingerprint density at radius 2 is 2.09 bits per heavy atom. The number of hydrogen-bond acceptors (Lipinski definition) is 7. The number of nitriles is 1. The van der Waals surface area contributed by atoms with Gasteiger partial charge in [0.25, 0.3) is 0 Å². The summed E-state index contributed by atoms with van der Waals surface area (Å²) < 4.78 is 14.7. The Morgan fingerprint density at radius 3 is 2.65 bits per heavy atom. The SMILES string of the molecule is COC(=O)C(C#N)C1c2cc(Cl)ccc2OC(=N)C1C(=O)OC. The van der Waals surface area contributed by atoms with E-state index in [1.807, 2.05) is 6.07 Å². The fraction of sp³-hybridized carbons (Fsp3) is 0.333. The Kier molecular flexibility index (Phi) is 4.86. The Hall–Kier alpha value is -2.59. The van der Waals surface area contributed by atoms with Crippen molar-refractivity contribution in [3.63, 3.8) is 0 Å². The fourth-order valence-electron chi connectivity index (χ4n) is 2.56. The lowest BCUT2D eigenvalue weighted by molar-refractivity contribution is -0.147. The zero-order valence-corrected chi connectivity index (χ0v) is 13.1. The Balaban J connectivity index is 2.65. The molecule has 1 aromatic rings. The summed E-state index contributed by atoms with van der Waals surface area (Å²) in [7, 11) is 2.29. The number of nitrogens with one attached hydrogen (secondary N) is 1. The van der Waals surface area contributed by atoms with Gasteiger partial charge >= 0.3 is 11.9 Å². The minimum Gasteiger partial charge on any atom is -0.468 e. The second-order valence-electron chi connectivity index (χ2n) is 4.81. The Bertz CT molecular complexity index is 712. The molecular weight excluding hydrogens is 324 g/mol. The van der Waals surface area contributed by atoms with E-state index < -0.39 is 35.6 Å². The third-order valence-electron chi connectivity index (χ3n) is 3.60. The van der Waals surface area contributed by atoms with Gasteiger partial charge in [-0.05, 0) is 18.2 Å². The lowest BCUT2D eigenvalue weighted by atomic mass is 9.75. The molecule has 0 spiro atoms. The molecule has 1 N–H and O–H groups in total. The van der Waals surface area contributed by atoms with E-state index >= 15 is 0 Å². The molecule has 0 aliphatic carbocycles. The molecule has 0 amide bonds. The van der Waals surface area contributed by atoms with Gasteiger partial charge in [0.05, 0.1) is 20.3 Å². The lowest BCUT2D eigenvalue weighted by Crippen LogP contribution is -2.42. The summed E-state index contributed by atoms with van der Waals surface area (Å²) in [5, 5.41) is 17.7. The van der Waals surface area contributed by atoms with Crippen molar-refractivity contribution in [2.45, 2.75) is 5.92 Å². The number of carbonyl (C=O) groups excluding carboxylic acids is 2. The number of esters is 2. The van der Waals surface area contributed by atoms with Crippen molar-refractivity contribution < 1.29 is 23.8 Å². The molecule has 3 unspecified atom stereocenters. The van der Waals surface area contributed by atoms with Gasteiger partial charge in [0.2, 0.25) is 5.90 Å². The average molecular weight is 337 g/mol. The molecule has 8 heteroatoms. The summed E-state index contributed by atoms with van der Waals surface area (Å²) in [6.45, 7) is 0. The summed E-state index contributed by atoms with van der Waals surface area (Å²) >= 11 is 5.98. The Morgan fingerprint density at radius 1 is 1.39 bits per heavy atom. The zero-order chi connectivity index (χ0) is 17.1. The molecule has 120 valence electrons. The van der Waals surface area contributed by atoms with E-state index in [0.717, 1.165) is 14.2 Å². The van der Waals surface area contributed by atoms with Gasteiger partial charge in [0.15, 0.2) is 5.92 Å². The maximum absolute atomic E-state index is 12.1. The van der Waals surface area contributed by atoms with E-state index in [4.69, 9.17) is 21.7 Å². The first-order valence-corrected chi connectivity index (χ1v) is 6.93. The summed E-state index contributed by atoms with van der Waals surface area (Å²) in [4.78, 5) is 24.0. The van der Waals surface area contributed by atoms with Gasteiger partial charge in [0, 0.05) is 16.5 Å². The number of ether oxygens (including phenoxy) is 3. The van der Waals surface area contributed by atoms with Crippen LogP contribution in [0, 0.1) is 28.6 Å². The summed E-state index contributed by atoms with van der Waals surface area (Å²) in [6.07, 6.45) is 0. The first-order valence-electron chi connectivity index (χ1n) is 6.55. The van der Waals surface area contributed by atoms with Gasteiger partial charge in [-0.1, -0.05) is 11.6 Å². The highest BCUT2D eigenvalue weighted by molar-refractivity contribution is 6.30. The van der Waals surface area contributed by atoms with Gasteiger partial charge in [-0.25, -0.2) is 0 Å². The van der Waals surface area contributed by atoms with Crippen LogP contribution < -0.4 is 4.74 Å². The predicted octanol–water partition coefficient (Wildman–Crippen LogP) is 1.90. The van der Waals surface area contributed by atoms with Crippen LogP contribution in [0.1, 0.15) is 11.5 Å². The molecule has 3 atom stereocenters. The van der Waals surface area contributed by atoms with Crippen molar-refractivity contribution in [1.82, 2.24) is 0 Å². The van der Waals surface area contributed by atoms with Crippen LogP contribution >= 0.6 is 11.6 Å². The number of halogens is 1. The first-order chi connectivity index (χ1) is 10.9. The van der Waals surface area contributed by atoms with Gasteiger partial charge in [-0.15, -0.1) is 0 Å². The topological polar surface area (TPSA) is 109 Å². The average Bonchev–Trinajstić information content (AvgIpc) is 2.55. The molecule has 2 rings (SSSR count). The molecule has 0 bridgehead atoms. The number of nitrogens with zero attached hydrogens (tertiary/aromatic N) is 1. The van der Waals surface area contributed by atoms with Crippen LogP contribution in [-0.2, 0) is 19.1 Å². The third kappa shape index (κ3) is 2.98. The van der Waals surface area contributed by atoms with Crippen LogP contribution in [0.4, 0.5) is 0 Å². The van der Waals surface area contributed by atoms with Crippen LogP contribution in [0.15, 0.2) is 18.2 Å². The Labute approximate surface area is 137 Å². The molecule has 0 radical (unpaired) electrons. The molecule has 0 saturated heterocycles. The van der Waals surface area contributed by atoms with Crippen molar-refractivity contribution in [1.29, 1.82) is 10.7 Å². The number of fused-ring (bicyclic) bond motifs is 1. The highest BCUT2D eigenvalue weighted by Crippen LogP contribution is 2.44. The number of benzene rings is 1. The van der Waals surface area contributed by atoms with Crippen molar-refractivity contribution in [3.05, 3.63) is 28.8 Å². The second-order valence-corrected chi connectivity index (χ2v) is 5.24. The standard InChI is InChI=1S/C15H13ClN2O5/c1-21-14(19)9(6-17)11-8-5-7(16)3-4-10(8)23-13(18)12(11)15(20)22-2/h3-5,9,11-12,18H,1-2H3. The highest BCUT2D eigenvalue weighted by atomic mass is 35.5. The maximum atomic E-state index is 12.1. The van der Waals surface area contributed by atoms with Crippen molar-refractivity contribution in [2.75, 3.05) is 14.2 Å². The van der Waals surface area contributed by atoms with Gasteiger partial charge in [-0.2, -0.15) is 5.26 Å². The normalized spacial score (nSPS) is 20.5. The zero-order valence-electron chi connectivity index (χ0n) is 12.3. The fourth-order valence-corrected chi connectivity index (χ4v) is 2.74. The molecule has 1 aromatic carbocycles. The third-order valence-corrected chi connectivity index (χ3v) is 3.84. The molecule has 0 saturated carbocycles. The smallest absolute Gasteiger partial charge is 0.323 e. The quantitative estimate of drug-likeness (QED) is 0.844. The number of methoxy groups -OCH3 is 2. The molecule has 1 aliphatic rings. The highest BCUT2D eigenvalue weighted by Gasteiger charge is 2.48. The van der Waals surface area contributed by atoms with Crippen LogP contribution in [-0.4, -0.2) is 32.1 Å². The van der Waals surface area contributed by atoms with E-state index in [1.165, 1.54) is 12.1 Å². The number of carbonyl (C=O) groups is 2. The minimum atomic E-state index is -1.31. The van der Waals surface area contributed by atoms with E-state index in [0.29, 0.717) is 10.6 Å².